The largest absolute Gasteiger partial charge is 0.465 e. The molecule has 0 amide bonds. The van der Waals surface area contributed by atoms with Crippen molar-refractivity contribution in [2.75, 3.05) is 13.2 Å². The van der Waals surface area contributed by atoms with Gasteiger partial charge >= 0.3 is 11.9 Å². The molecule has 0 bridgehead atoms. The van der Waals surface area contributed by atoms with E-state index in [0.29, 0.717) is 12.8 Å². The Balaban J connectivity index is 5.53. The van der Waals surface area contributed by atoms with Gasteiger partial charge in [0, 0.05) is 23.7 Å². The maximum absolute atomic E-state index is 12.5. The van der Waals surface area contributed by atoms with Crippen LogP contribution in [0.1, 0.15) is 116 Å². The summed E-state index contributed by atoms with van der Waals surface area (Å²) in [5, 5.41) is 0. The maximum atomic E-state index is 12.5. The molecule has 0 saturated carbocycles. The van der Waals surface area contributed by atoms with Crippen LogP contribution in [0.5, 0.6) is 0 Å². The highest BCUT2D eigenvalue weighted by Crippen LogP contribution is 2.15. The molecule has 0 aromatic rings. The van der Waals surface area contributed by atoms with Gasteiger partial charge in [0.05, 0.1) is 13.2 Å². The van der Waals surface area contributed by atoms with Crippen LogP contribution in [0.25, 0.3) is 0 Å². The highest BCUT2D eigenvalue weighted by molar-refractivity contribution is 5.70. The van der Waals surface area contributed by atoms with E-state index in [4.69, 9.17) is 20.4 Å². The molecule has 0 aromatic heterocycles. The molecular weight excluding hydrogens is 328 g/mol. The smallest absolute Gasteiger partial charge is 0.305 e. The number of esters is 2. The topological polar surface area (TPSA) is 52.6 Å². The Morgan fingerprint density at radius 1 is 0.769 bits per heavy atom. The van der Waals surface area contributed by atoms with Crippen LogP contribution in [-0.2, 0) is 19.1 Å². The molecule has 0 spiro atoms. The number of hydrogen-bond acceptors (Lipinski definition) is 4. The van der Waals surface area contributed by atoms with Gasteiger partial charge in [-0.15, -0.1) is 0 Å². The van der Waals surface area contributed by atoms with Gasteiger partial charge in [-0.1, -0.05) is 66.2 Å². The second-order valence-electron chi connectivity index (χ2n) is 6.53. The average Bonchev–Trinajstić information content (AvgIpc) is 2.78. The predicted octanol–water partition coefficient (Wildman–Crippen LogP) is 6.07. The molecule has 154 valence electrons. The van der Waals surface area contributed by atoms with Gasteiger partial charge in [-0.3, -0.25) is 9.59 Å². The van der Waals surface area contributed by atoms with Crippen LogP contribution in [0.15, 0.2) is 0 Å². The molecule has 4 heteroatoms. The lowest BCUT2D eigenvalue weighted by molar-refractivity contribution is -0.147. The van der Waals surface area contributed by atoms with Crippen molar-refractivity contribution >= 4 is 11.9 Å². The van der Waals surface area contributed by atoms with Gasteiger partial charge in [-0.25, -0.2) is 0 Å². The SMILES string of the molecule is [2H]C([2H])(C(=O)OCC(CC)CCCC)C([2H])([2H])C([2H])([2H])C([2H])([2H])C(=O)OCC(CC)CCCC. The molecular formula is C22H42O4. The van der Waals surface area contributed by atoms with E-state index in [1.54, 1.807) is 0 Å². The third-order valence-electron chi connectivity index (χ3n) is 4.38. The Morgan fingerprint density at radius 3 is 1.46 bits per heavy atom. The van der Waals surface area contributed by atoms with Gasteiger partial charge in [-0.05, 0) is 37.4 Å². The Kier molecular flexibility index (Phi) is 9.35. The van der Waals surface area contributed by atoms with Crippen LogP contribution in [0.3, 0.4) is 0 Å². The maximum Gasteiger partial charge on any atom is 0.305 e. The highest BCUT2D eigenvalue weighted by Gasteiger charge is 2.12. The Bertz CT molecular complexity index is 586. The third-order valence-corrected chi connectivity index (χ3v) is 4.38. The fraction of sp³-hybridized carbons (Fsp3) is 0.909. The lowest BCUT2D eigenvalue weighted by Crippen LogP contribution is -2.15. The standard InChI is InChI=1S/C22H42O4/c1-5-9-13-19(7-3)17-25-21(23)15-11-12-16-22(24)26-18-20(8-4)14-10-6-2/h19-20H,5-18H2,1-4H3/i11D2,12D2,15D2,16D2. The first-order chi connectivity index (χ1) is 15.6. The van der Waals surface area contributed by atoms with E-state index in [-0.39, 0.29) is 25.0 Å². The first kappa shape index (κ1) is 14.0. The van der Waals surface area contributed by atoms with E-state index in [0.717, 1.165) is 38.5 Å². The highest BCUT2D eigenvalue weighted by atomic mass is 16.5. The average molecular weight is 379 g/mol. The van der Waals surface area contributed by atoms with Crippen molar-refractivity contribution in [3.8, 4) is 0 Å². The van der Waals surface area contributed by atoms with Gasteiger partial charge in [0.15, 0.2) is 0 Å². The lowest BCUT2D eigenvalue weighted by Gasteiger charge is -2.15. The summed E-state index contributed by atoms with van der Waals surface area (Å²) in [6.45, 7) is 7.46. The van der Waals surface area contributed by atoms with Crippen molar-refractivity contribution in [1.82, 2.24) is 0 Å². The minimum Gasteiger partial charge on any atom is -0.465 e. The molecule has 0 rings (SSSR count). The zero-order valence-corrected chi connectivity index (χ0v) is 16.9. The minimum absolute atomic E-state index is 0.0528. The second-order valence-corrected chi connectivity index (χ2v) is 6.53. The van der Waals surface area contributed by atoms with Crippen LogP contribution >= 0.6 is 0 Å². The van der Waals surface area contributed by atoms with Crippen molar-refractivity contribution in [2.24, 2.45) is 11.8 Å². The molecule has 0 aliphatic rings. The Hall–Kier alpha value is -1.06. The van der Waals surface area contributed by atoms with Crippen LogP contribution in [0, 0.1) is 11.8 Å². The van der Waals surface area contributed by atoms with Crippen molar-refractivity contribution in [1.29, 1.82) is 0 Å². The molecule has 2 unspecified atom stereocenters. The van der Waals surface area contributed by atoms with Gasteiger partial charge < -0.3 is 9.47 Å². The molecule has 0 saturated heterocycles. The normalized spacial score (nSPS) is 20.0. The van der Waals surface area contributed by atoms with Crippen molar-refractivity contribution in [2.45, 2.75) is 105 Å². The Morgan fingerprint density at radius 2 is 1.15 bits per heavy atom. The van der Waals surface area contributed by atoms with Crippen LogP contribution in [0.2, 0.25) is 0 Å². The monoisotopic (exact) mass is 378 g/mol. The quantitative estimate of drug-likeness (QED) is 0.288. The first-order valence-electron chi connectivity index (χ1n) is 13.9. The zero-order chi connectivity index (χ0) is 26.8. The molecule has 0 N–H and O–H groups in total. The fourth-order valence-electron chi connectivity index (χ4n) is 2.42. The number of ether oxygens (including phenoxy) is 2. The van der Waals surface area contributed by atoms with E-state index in [9.17, 15) is 9.59 Å². The summed E-state index contributed by atoms with van der Waals surface area (Å²) in [6.07, 6.45) is -8.17. The Labute approximate surface area is 172 Å². The van der Waals surface area contributed by atoms with Gasteiger partial charge in [0.25, 0.3) is 0 Å². The summed E-state index contributed by atoms with van der Waals surface area (Å²) in [6, 6.07) is 0. The number of carbonyl (C=O) groups is 2. The number of rotatable bonds is 17. The summed E-state index contributed by atoms with van der Waals surface area (Å²) in [7, 11) is 0. The third kappa shape index (κ3) is 14.1. The summed E-state index contributed by atoms with van der Waals surface area (Å²) in [5.41, 5.74) is 0. The number of carbonyl (C=O) groups excluding carboxylic acids is 2. The lowest BCUT2D eigenvalue weighted by atomic mass is 10.0. The number of hydrogen-bond donors (Lipinski definition) is 0. The predicted molar refractivity (Wildman–Crippen MR) is 107 cm³/mol. The van der Waals surface area contributed by atoms with Crippen LogP contribution in [0.4, 0.5) is 0 Å². The molecule has 0 aliphatic heterocycles. The molecule has 0 aromatic carbocycles. The summed E-state index contributed by atoms with van der Waals surface area (Å²) in [5.74, 6) is -3.37. The number of unbranched alkanes of at least 4 members (excludes halogenated alkanes) is 2. The molecule has 0 radical (unpaired) electrons. The van der Waals surface area contributed by atoms with E-state index in [1.807, 2.05) is 27.7 Å². The molecule has 0 heterocycles. The molecule has 0 fully saturated rings. The minimum atomic E-state index is -3.74. The van der Waals surface area contributed by atoms with Crippen LogP contribution < -0.4 is 0 Å². The van der Waals surface area contributed by atoms with Crippen molar-refractivity contribution in [3.05, 3.63) is 0 Å². The van der Waals surface area contributed by atoms with Crippen molar-refractivity contribution in [3.63, 3.8) is 0 Å². The molecule has 26 heavy (non-hydrogen) atoms. The summed E-state index contributed by atoms with van der Waals surface area (Å²) >= 11 is 0. The second kappa shape index (κ2) is 17.4. The molecule has 0 aliphatic carbocycles. The van der Waals surface area contributed by atoms with Crippen LogP contribution in [-0.4, -0.2) is 25.2 Å². The summed E-state index contributed by atoms with van der Waals surface area (Å²) in [4.78, 5) is 24.9. The van der Waals surface area contributed by atoms with Crippen molar-refractivity contribution < 1.29 is 30.0 Å². The van der Waals surface area contributed by atoms with E-state index < -0.39 is 37.4 Å². The fourth-order valence-corrected chi connectivity index (χ4v) is 2.42. The molecule has 2 atom stereocenters. The summed E-state index contributed by atoms with van der Waals surface area (Å²) < 4.78 is 74.2. The van der Waals surface area contributed by atoms with Gasteiger partial charge in [-0.2, -0.15) is 0 Å². The first-order valence-corrected chi connectivity index (χ1v) is 9.92. The van der Waals surface area contributed by atoms with Gasteiger partial charge in [0.1, 0.15) is 0 Å². The van der Waals surface area contributed by atoms with E-state index in [2.05, 4.69) is 0 Å². The van der Waals surface area contributed by atoms with E-state index in [1.165, 1.54) is 0 Å². The molecule has 4 nitrogen and oxygen atoms in total. The zero-order valence-electron chi connectivity index (χ0n) is 24.9. The van der Waals surface area contributed by atoms with Gasteiger partial charge in [0.2, 0.25) is 0 Å². The van der Waals surface area contributed by atoms with E-state index >= 15 is 0 Å².